The first-order valence-corrected chi connectivity index (χ1v) is 6.79. The molecule has 2 heterocycles. The molecule has 1 unspecified atom stereocenters. The highest BCUT2D eigenvalue weighted by atomic mass is 16.5. The molecule has 0 radical (unpaired) electrons. The van der Waals surface area contributed by atoms with Crippen LogP contribution in [-0.4, -0.2) is 36.0 Å². The number of pyridine rings is 1. The lowest BCUT2D eigenvalue weighted by molar-refractivity contribution is 0.188. The highest BCUT2D eigenvalue weighted by Crippen LogP contribution is 2.15. The molecule has 7 heteroatoms. The second-order valence-corrected chi connectivity index (χ2v) is 4.68. The summed E-state index contributed by atoms with van der Waals surface area (Å²) in [7, 11) is 3.25. The Bertz CT molecular complexity index is 541. The summed E-state index contributed by atoms with van der Waals surface area (Å²) in [6.07, 6.45) is 3.88. The highest BCUT2D eigenvalue weighted by molar-refractivity contribution is 5.20. The van der Waals surface area contributed by atoms with Crippen LogP contribution in [0.4, 0.5) is 0 Å². The van der Waals surface area contributed by atoms with Gasteiger partial charge in [-0.05, 0) is 18.4 Å². The van der Waals surface area contributed by atoms with Crippen molar-refractivity contribution in [2.75, 3.05) is 20.8 Å². The fourth-order valence-electron chi connectivity index (χ4n) is 1.88. The molecule has 1 atom stereocenters. The molecule has 2 aromatic heterocycles. The van der Waals surface area contributed by atoms with Crippen molar-refractivity contribution in [1.29, 1.82) is 0 Å². The Balaban J connectivity index is 1.92. The Morgan fingerprint density at radius 3 is 2.86 bits per heavy atom. The maximum absolute atomic E-state index is 6.00. The number of methoxy groups -OCH3 is 2. The molecule has 0 bridgehead atoms. The standard InChI is InChI=1S/C14H20N4O3/c1-19-7-3-4-11(15)14-17-12(18-21-14)8-10-5-6-13(20-2)16-9-10/h5-6,9,11H,3-4,7-8,15H2,1-2H3. The van der Waals surface area contributed by atoms with E-state index in [1.165, 1.54) is 0 Å². The van der Waals surface area contributed by atoms with E-state index in [2.05, 4.69) is 15.1 Å². The molecule has 0 aliphatic carbocycles. The van der Waals surface area contributed by atoms with Gasteiger partial charge < -0.3 is 19.7 Å². The van der Waals surface area contributed by atoms with Crippen molar-refractivity contribution in [3.05, 3.63) is 35.6 Å². The van der Waals surface area contributed by atoms with Crippen molar-refractivity contribution >= 4 is 0 Å². The molecule has 0 spiro atoms. The van der Waals surface area contributed by atoms with Crippen LogP contribution in [-0.2, 0) is 11.2 Å². The smallest absolute Gasteiger partial charge is 0.243 e. The lowest BCUT2D eigenvalue weighted by atomic mass is 10.1. The van der Waals surface area contributed by atoms with Crippen molar-refractivity contribution in [3.8, 4) is 5.88 Å². The van der Waals surface area contributed by atoms with Gasteiger partial charge in [-0.15, -0.1) is 0 Å². The van der Waals surface area contributed by atoms with E-state index in [4.69, 9.17) is 19.7 Å². The van der Waals surface area contributed by atoms with Gasteiger partial charge in [0, 0.05) is 32.4 Å². The third-order valence-electron chi connectivity index (χ3n) is 3.03. The summed E-state index contributed by atoms with van der Waals surface area (Å²) < 4.78 is 15.2. The number of hydrogen-bond acceptors (Lipinski definition) is 7. The average molecular weight is 292 g/mol. The van der Waals surface area contributed by atoms with E-state index >= 15 is 0 Å². The highest BCUT2D eigenvalue weighted by Gasteiger charge is 2.14. The van der Waals surface area contributed by atoms with Gasteiger partial charge in [-0.3, -0.25) is 0 Å². The summed E-state index contributed by atoms with van der Waals surface area (Å²) in [5, 5.41) is 3.95. The number of rotatable bonds is 8. The molecule has 0 aliphatic heterocycles. The molecule has 7 nitrogen and oxygen atoms in total. The van der Waals surface area contributed by atoms with Gasteiger partial charge in [0.1, 0.15) is 0 Å². The van der Waals surface area contributed by atoms with Crippen LogP contribution < -0.4 is 10.5 Å². The Morgan fingerprint density at radius 2 is 2.19 bits per heavy atom. The van der Waals surface area contributed by atoms with Gasteiger partial charge in [0.25, 0.3) is 0 Å². The van der Waals surface area contributed by atoms with Crippen LogP contribution in [0.25, 0.3) is 0 Å². The summed E-state index contributed by atoms with van der Waals surface area (Å²) in [5.41, 5.74) is 6.98. The Labute approximate surface area is 123 Å². The number of ether oxygens (including phenoxy) is 2. The zero-order valence-corrected chi connectivity index (χ0v) is 12.3. The molecule has 21 heavy (non-hydrogen) atoms. The van der Waals surface area contributed by atoms with Crippen LogP contribution >= 0.6 is 0 Å². The molecule has 2 aromatic rings. The maximum Gasteiger partial charge on any atom is 0.243 e. The predicted octanol–water partition coefficient (Wildman–Crippen LogP) is 1.49. The monoisotopic (exact) mass is 292 g/mol. The topological polar surface area (TPSA) is 96.3 Å². The van der Waals surface area contributed by atoms with Gasteiger partial charge >= 0.3 is 0 Å². The molecule has 114 valence electrons. The third-order valence-corrected chi connectivity index (χ3v) is 3.03. The molecule has 2 N–H and O–H groups in total. The zero-order valence-electron chi connectivity index (χ0n) is 12.3. The van der Waals surface area contributed by atoms with Crippen LogP contribution in [0.3, 0.4) is 0 Å². The Kier molecular flexibility index (Phi) is 5.65. The van der Waals surface area contributed by atoms with Crippen LogP contribution in [0.1, 0.15) is 36.2 Å². The van der Waals surface area contributed by atoms with Gasteiger partial charge in [-0.25, -0.2) is 4.98 Å². The summed E-state index contributed by atoms with van der Waals surface area (Å²) in [6, 6.07) is 3.46. The van der Waals surface area contributed by atoms with Crippen molar-refractivity contribution < 1.29 is 14.0 Å². The first kappa shape index (κ1) is 15.4. The van der Waals surface area contributed by atoms with Gasteiger partial charge in [-0.2, -0.15) is 4.98 Å². The van der Waals surface area contributed by atoms with E-state index in [-0.39, 0.29) is 6.04 Å². The minimum atomic E-state index is -0.254. The fourth-order valence-corrected chi connectivity index (χ4v) is 1.88. The molecule has 2 rings (SSSR count). The molecule has 0 aromatic carbocycles. The van der Waals surface area contributed by atoms with Crippen molar-refractivity contribution in [1.82, 2.24) is 15.1 Å². The Morgan fingerprint density at radius 1 is 1.33 bits per heavy atom. The van der Waals surface area contributed by atoms with Crippen molar-refractivity contribution in [2.45, 2.75) is 25.3 Å². The van der Waals surface area contributed by atoms with E-state index in [0.29, 0.717) is 30.6 Å². The van der Waals surface area contributed by atoms with E-state index in [1.54, 1.807) is 26.5 Å². The molecule has 0 amide bonds. The summed E-state index contributed by atoms with van der Waals surface area (Å²) in [4.78, 5) is 8.46. The van der Waals surface area contributed by atoms with Gasteiger partial charge in [0.15, 0.2) is 5.82 Å². The van der Waals surface area contributed by atoms with Gasteiger partial charge in [-0.1, -0.05) is 11.2 Å². The molecule has 0 saturated carbocycles. The number of nitrogens with zero attached hydrogens (tertiary/aromatic N) is 3. The molecule has 0 saturated heterocycles. The lowest BCUT2D eigenvalue weighted by Crippen LogP contribution is -2.11. The van der Waals surface area contributed by atoms with Gasteiger partial charge in [0.2, 0.25) is 11.8 Å². The zero-order chi connectivity index (χ0) is 15.1. The molecular weight excluding hydrogens is 272 g/mol. The van der Waals surface area contributed by atoms with Crippen LogP contribution in [0.5, 0.6) is 5.88 Å². The molecular formula is C14H20N4O3. The first-order chi connectivity index (χ1) is 10.2. The minimum absolute atomic E-state index is 0.254. The van der Waals surface area contributed by atoms with Crippen LogP contribution in [0, 0.1) is 0 Å². The number of nitrogens with two attached hydrogens (primary N) is 1. The third kappa shape index (κ3) is 4.51. The normalized spacial score (nSPS) is 12.3. The Hall–Kier alpha value is -1.99. The fraction of sp³-hybridized carbons (Fsp3) is 0.500. The summed E-state index contributed by atoms with van der Waals surface area (Å²) in [6.45, 7) is 0.673. The maximum atomic E-state index is 6.00. The SMILES string of the molecule is COCCCC(N)c1nc(Cc2ccc(OC)nc2)no1. The van der Waals surface area contributed by atoms with Crippen LogP contribution in [0.2, 0.25) is 0 Å². The largest absolute Gasteiger partial charge is 0.481 e. The van der Waals surface area contributed by atoms with E-state index in [0.717, 1.165) is 18.4 Å². The van der Waals surface area contributed by atoms with Crippen LogP contribution in [0.15, 0.2) is 22.9 Å². The second kappa shape index (κ2) is 7.70. The minimum Gasteiger partial charge on any atom is -0.481 e. The first-order valence-electron chi connectivity index (χ1n) is 6.79. The molecule has 0 fully saturated rings. The van der Waals surface area contributed by atoms with Crippen molar-refractivity contribution in [2.24, 2.45) is 5.73 Å². The van der Waals surface area contributed by atoms with Crippen molar-refractivity contribution in [3.63, 3.8) is 0 Å². The second-order valence-electron chi connectivity index (χ2n) is 4.68. The number of aromatic nitrogens is 3. The van der Waals surface area contributed by atoms with E-state index < -0.39 is 0 Å². The van der Waals surface area contributed by atoms with E-state index in [1.807, 2.05) is 6.07 Å². The van der Waals surface area contributed by atoms with Gasteiger partial charge in [0.05, 0.1) is 13.2 Å². The quantitative estimate of drug-likeness (QED) is 0.736. The molecule has 0 aliphatic rings. The lowest BCUT2D eigenvalue weighted by Gasteiger charge is -2.05. The summed E-state index contributed by atoms with van der Waals surface area (Å²) >= 11 is 0. The predicted molar refractivity (Wildman–Crippen MR) is 75.9 cm³/mol. The van der Waals surface area contributed by atoms with E-state index in [9.17, 15) is 0 Å². The number of hydrogen-bond donors (Lipinski definition) is 1. The summed E-state index contributed by atoms with van der Waals surface area (Å²) in [5.74, 6) is 1.63. The average Bonchev–Trinajstić information content (AvgIpc) is 2.97.